The third-order valence-corrected chi connectivity index (χ3v) is 3.54. The topological polar surface area (TPSA) is 30.5 Å². The number of hydrogen-bond acceptors (Lipinski definition) is 3. The Morgan fingerprint density at radius 1 is 1.38 bits per heavy atom. The van der Waals surface area contributed by atoms with Crippen LogP contribution < -0.4 is 5.32 Å². The van der Waals surface area contributed by atoms with Crippen LogP contribution in [0.15, 0.2) is 0 Å². The second kappa shape index (κ2) is 3.23. The van der Waals surface area contributed by atoms with Crippen molar-refractivity contribution in [2.24, 2.45) is 5.41 Å². The summed E-state index contributed by atoms with van der Waals surface area (Å²) in [7, 11) is 1.80. The van der Waals surface area contributed by atoms with Gasteiger partial charge in [0.05, 0.1) is 25.4 Å². The average molecular weight is 185 g/mol. The van der Waals surface area contributed by atoms with Crippen LogP contribution in [0.1, 0.15) is 20.3 Å². The zero-order chi connectivity index (χ0) is 9.47. The van der Waals surface area contributed by atoms with Crippen LogP contribution in [-0.2, 0) is 9.47 Å². The molecule has 0 amide bonds. The number of rotatable bonds is 3. The molecule has 0 spiro atoms. The van der Waals surface area contributed by atoms with Gasteiger partial charge in [0.1, 0.15) is 0 Å². The first-order valence-corrected chi connectivity index (χ1v) is 5.01. The Hall–Kier alpha value is -0.120. The van der Waals surface area contributed by atoms with E-state index in [9.17, 15) is 0 Å². The van der Waals surface area contributed by atoms with Crippen LogP contribution in [-0.4, -0.2) is 38.5 Å². The number of nitrogens with one attached hydrogen (secondary N) is 1. The van der Waals surface area contributed by atoms with E-state index in [1.807, 2.05) is 0 Å². The van der Waals surface area contributed by atoms with Crippen LogP contribution in [0.3, 0.4) is 0 Å². The minimum atomic E-state index is 0.282. The number of ether oxygens (including phenoxy) is 2. The van der Waals surface area contributed by atoms with E-state index in [0.717, 1.165) is 19.6 Å². The van der Waals surface area contributed by atoms with Crippen molar-refractivity contribution >= 4 is 0 Å². The fourth-order valence-corrected chi connectivity index (χ4v) is 2.18. The van der Waals surface area contributed by atoms with Gasteiger partial charge in [-0.25, -0.2) is 0 Å². The zero-order valence-electron chi connectivity index (χ0n) is 8.67. The molecule has 2 unspecified atom stereocenters. The molecular formula is C10H19NO2. The third-order valence-electron chi connectivity index (χ3n) is 3.54. The number of hydrogen-bond donors (Lipinski definition) is 1. The molecule has 1 heterocycles. The van der Waals surface area contributed by atoms with Gasteiger partial charge in [0.25, 0.3) is 0 Å². The quantitative estimate of drug-likeness (QED) is 0.705. The maximum Gasteiger partial charge on any atom is 0.0652 e. The average Bonchev–Trinajstić information content (AvgIpc) is 2.00. The summed E-state index contributed by atoms with van der Waals surface area (Å²) in [4.78, 5) is 0. The van der Waals surface area contributed by atoms with E-state index < -0.39 is 0 Å². The van der Waals surface area contributed by atoms with Crippen molar-refractivity contribution in [3.8, 4) is 0 Å². The summed E-state index contributed by atoms with van der Waals surface area (Å²) in [6.45, 7) is 6.29. The molecule has 1 aliphatic heterocycles. The molecule has 13 heavy (non-hydrogen) atoms. The van der Waals surface area contributed by atoms with Gasteiger partial charge in [0.2, 0.25) is 0 Å². The lowest BCUT2D eigenvalue weighted by molar-refractivity contribution is -0.115. The van der Waals surface area contributed by atoms with Gasteiger partial charge in [0.15, 0.2) is 0 Å². The highest BCUT2D eigenvalue weighted by Gasteiger charge is 2.49. The molecular weight excluding hydrogens is 166 g/mol. The molecule has 0 aromatic rings. The maximum atomic E-state index is 5.39. The Kier molecular flexibility index (Phi) is 2.34. The fraction of sp³-hybridized carbons (Fsp3) is 1.00. The van der Waals surface area contributed by atoms with Gasteiger partial charge in [-0.2, -0.15) is 0 Å². The zero-order valence-corrected chi connectivity index (χ0v) is 8.67. The van der Waals surface area contributed by atoms with Crippen LogP contribution in [0.25, 0.3) is 0 Å². The van der Waals surface area contributed by atoms with Crippen molar-refractivity contribution in [2.45, 2.75) is 38.5 Å². The molecule has 0 aromatic carbocycles. The summed E-state index contributed by atoms with van der Waals surface area (Å²) in [5, 5.41) is 3.60. The van der Waals surface area contributed by atoms with Crippen LogP contribution in [0.5, 0.6) is 0 Å². The summed E-state index contributed by atoms with van der Waals surface area (Å²) in [6.07, 6.45) is 1.56. The molecule has 76 valence electrons. The van der Waals surface area contributed by atoms with E-state index >= 15 is 0 Å². The van der Waals surface area contributed by atoms with Gasteiger partial charge < -0.3 is 14.8 Å². The minimum absolute atomic E-state index is 0.282. The highest BCUT2D eigenvalue weighted by Crippen LogP contribution is 2.42. The molecule has 1 saturated heterocycles. The Labute approximate surface area is 79.8 Å². The lowest BCUT2D eigenvalue weighted by Gasteiger charge is -2.53. The summed E-state index contributed by atoms with van der Waals surface area (Å²) in [5.74, 6) is 0. The van der Waals surface area contributed by atoms with Gasteiger partial charge in [-0.3, -0.25) is 0 Å². The van der Waals surface area contributed by atoms with E-state index in [-0.39, 0.29) is 5.41 Å². The van der Waals surface area contributed by atoms with E-state index in [0.29, 0.717) is 18.2 Å². The van der Waals surface area contributed by atoms with Gasteiger partial charge >= 0.3 is 0 Å². The Bertz CT molecular complexity index is 189. The van der Waals surface area contributed by atoms with Crippen molar-refractivity contribution in [1.82, 2.24) is 5.32 Å². The van der Waals surface area contributed by atoms with Crippen LogP contribution in [0.4, 0.5) is 0 Å². The normalized spacial score (nSPS) is 38.1. The Morgan fingerprint density at radius 2 is 2.08 bits per heavy atom. The second-order valence-electron chi connectivity index (χ2n) is 4.74. The molecule has 0 aromatic heterocycles. The SMILES string of the molecule is COC1CC(NC2COC2)C1(C)C. The van der Waals surface area contributed by atoms with E-state index in [1.165, 1.54) is 0 Å². The maximum absolute atomic E-state index is 5.39. The minimum Gasteiger partial charge on any atom is -0.381 e. The van der Waals surface area contributed by atoms with Gasteiger partial charge in [-0.15, -0.1) is 0 Å². The number of methoxy groups -OCH3 is 1. The molecule has 1 N–H and O–H groups in total. The van der Waals surface area contributed by atoms with Crippen molar-refractivity contribution in [3.05, 3.63) is 0 Å². The summed E-state index contributed by atoms with van der Waals surface area (Å²) >= 11 is 0. The van der Waals surface area contributed by atoms with Crippen LogP contribution >= 0.6 is 0 Å². The first-order valence-electron chi connectivity index (χ1n) is 5.01. The smallest absolute Gasteiger partial charge is 0.0652 e. The summed E-state index contributed by atoms with van der Waals surface area (Å²) in [5.41, 5.74) is 0.282. The third kappa shape index (κ3) is 1.49. The molecule has 2 rings (SSSR count). The first-order chi connectivity index (χ1) is 6.14. The fourth-order valence-electron chi connectivity index (χ4n) is 2.18. The predicted octanol–water partition coefficient (Wildman–Crippen LogP) is 0.788. The van der Waals surface area contributed by atoms with E-state index in [4.69, 9.17) is 9.47 Å². The van der Waals surface area contributed by atoms with Gasteiger partial charge in [-0.05, 0) is 6.42 Å². The van der Waals surface area contributed by atoms with Crippen LogP contribution in [0.2, 0.25) is 0 Å². The molecule has 1 aliphatic carbocycles. The molecule has 2 aliphatic rings. The Morgan fingerprint density at radius 3 is 2.46 bits per heavy atom. The molecule has 0 bridgehead atoms. The molecule has 2 atom stereocenters. The summed E-state index contributed by atoms with van der Waals surface area (Å²) < 4.78 is 10.5. The monoisotopic (exact) mass is 185 g/mol. The highest BCUT2D eigenvalue weighted by molar-refractivity contribution is 5.04. The molecule has 1 saturated carbocycles. The molecule has 3 nitrogen and oxygen atoms in total. The Balaban J connectivity index is 1.82. The van der Waals surface area contributed by atoms with Crippen molar-refractivity contribution in [1.29, 1.82) is 0 Å². The largest absolute Gasteiger partial charge is 0.381 e. The molecule has 3 heteroatoms. The second-order valence-corrected chi connectivity index (χ2v) is 4.74. The lowest BCUT2D eigenvalue weighted by atomic mass is 9.64. The van der Waals surface area contributed by atoms with Crippen molar-refractivity contribution in [3.63, 3.8) is 0 Å². The predicted molar refractivity (Wildman–Crippen MR) is 50.7 cm³/mol. The van der Waals surface area contributed by atoms with Gasteiger partial charge in [0, 0.05) is 18.6 Å². The standard InChI is InChI=1S/C10H19NO2/c1-10(2)8(4-9(10)12-3)11-7-5-13-6-7/h7-9,11H,4-6H2,1-3H3. The van der Waals surface area contributed by atoms with Crippen LogP contribution in [0, 0.1) is 5.41 Å². The van der Waals surface area contributed by atoms with Gasteiger partial charge in [-0.1, -0.05) is 13.8 Å². The van der Waals surface area contributed by atoms with E-state index in [1.54, 1.807) is 7.11 Å². The molecule has 2 fully saturated rings. The summed E-state index contributed by atoms with van der Waals surface area (Å²) in [6, 6.07) is 1.19. The first kappa shape index (κ1) is 9.44. The highest BCUT2D eigenvalue weighted by atomic mass is 16.5. The van der Waals surface area contributed by atoms with E-state index in [2.05, 4.69) is 19.2 Å². The van der Waals surface area contributed by atoms with Crippen molar-refractivity contribution in [2.75, 3.05) is 20.3 Å². The molecule has 0 radical (unpaired) electrons. The van der Waals surface area contributed by atoms with Crippen molar-refractivity contribution < 1.29 is 9.47 Å². The lowest BCUT2D eigenvalue weighted by Crippen LogP contribution is -2.65.